The number of carbonyl (C=O) groups is 1. The SMILES string of the molecule is CC(c1ccnc(Cc2nc3c(Cl)c(-c4cnn(CC5CCC5)c4)ccc3[nH]2)c1)N1CCN(C(=O)C2CC2)CC1. The summed E-state index contributed by atoms with van der Waals surface area (Å²) < 4.78 is 2.04. The lowest BCUT2D eigenvalue weighted by molar-refractivity contribution is -0.134. The highest BCUT2D eigenvalue weighted by molar-refractivity contribution is 6.37. The number of pyridine rings is 1. The lowest BCUT2D eigenvalue weighted by Crippen LogP contribution is -2.49. The van der Waals surface area contributed by atoms with Gasteiger partial charge in [-0.15, -0.1) is 0 Å². The Morgan fingerprint density at radius 3 is 2.70 bits per heavy atom. The number of hydrogen-bond donors (Lipinski definition) is 1. The Morgan fingerprint density at radius 1 is 1.12 bits per heavy atom. The number of benzene rings is 1. The smallest absolute Gasteiger partial charge is 0.225 e. The van der Waals surface area contributed by atoms with Crippen molar-refractivity contribution in [2.24, 2.45) is 11.8 Å². The highest BCUT2D eigenvalue weighted by Gasteiger charge is 2.35. The second kappa shape index (κ2) is 10.6. The van der Waals surface area contributed by atoms with Gasteiger partial charge in [-0.1, -0.05) is 24.1 Å². The second-order valence-corrected chi connectivity index (χ2v) is 12.2. The van der Waals surface area contributed by atoms with Gasteiger partial charge in [-0.2, -0.15) is 5.10 Å². The van der Waals surface area contributed by atoms with Crippen LogP contribution >= 0.6 is 11.6 Å². The van der Waals surface area contributed by atoms with Crippen molar-refractivity contribution in [2.45, 2.75) is 58.0 Å². The summed E-state index contributed by atoms with van der Waals surface area (Å²) in [7, 11) is 0. The van der Waals surface area contributed by atoms with Crippen LogP contribution in [-0.2, 0) is 17.8 Å². The molecule has 3 aliphatic rings. The monoisotopic (exact) mass is 557 g/mol. The summed E-state index contributed by atoms with van der Waals surface area (Å²) in [5.41, 5.74) is 5.90. The summed E-state index contributed by atoms with van der Waals surface area (Å²) in [5.74, 6) is 2.25. The number of hydrogen-bond acceptors (Lipinski definition) is 5. The average Bonchev–Trinajstić information content (AvgIpc) is 3.56. The van der Waals surface area contributed by atoms with Crippen LogP contribution in [0.2, 0.25) is 5.02 Å². The van der Waals surface area contributed by atoms with Crippen LogP contribution in [0.5, 0.6) is 0 Å². The van der Waals surface area contributed by atoms with Gasteiger partial charge >= 0.3 is 0 Å². The zero-order valence-electron chi connectivity index (χ0n) is 23.0. The van der Waals surface area contributed by atoms with Crippen molar-refractivity contribution >= 4 is 28.5 Å². The third kappa shape index (κ3) is 5.15. The fourth-order valence-electron chi connectivity index (χ4n) is 6.10. The highest BCUT2D eigenvalue weighted by Crippen LogP contribution is 2.35. The van der Waals surface area contributed by atoms with Crippen molar-refractivity contribution in [1.82, 2.24) is 34.5 Å². The topological polar surface area (TPSA) is 82.9 Å². The second-order valence-electron chi connectivity index (χ2n) is 11.8. The van der Waals surface area contributed by atoms with Crippen molar-refractivity contribution in [2.75, 3.05) is 26.2 Å². The summed E-state index contributed by atoms with van der Waals surface area (Å²) >= 11 is 6.88. The van der Waals surface area contributed by atoms with E-state index in [1.807, 2.05) is 17.1 Å². The number of halogens is 1. The van der Waals surface area contributed by atoms with Crippen LogP contribution < -0.4 is 0 Å². The molecular formula is C31H36ClN7O. The molecule has 2 saturated carbocycles. The Labute approximate surface area is 239 Å². The average molecular weight is 558 g/mol. The van der Waals surface area contributed by atoms with Crippen molar-refractivity contribution in [3.63, 3.8) is 0 Å². The van der Waals surface area contributed by atoms with E-state index in [2.05, 4.69) is 62.3 Å². The molecule has 3 aromatic heterocycles. The van der Waals surface area contributed by atoms with Crippen LogP contribution in [0.25, 0.3) is 22.2 Å². The van der Waals surface area contributed by atoms with Gasteiger partial charge in [0.15, 0.2) is 0 Å². The molecule has 1 N–H and O–H groups in total. The third-order valence-electron chi connectivity index (χ3n) is 9.03. The molecule has 3 fully saturated rings. The predicted molar refractivity (Wildman–Crippen MR) is 156 cm³/mol. The molecule has 1 aliphatic heterocycles. The number of aromatic nitrogens is 5. The first-order chi connectivity index (χ1) is 19.5. The first-order valence-corrected chi connectivity index (χ1v) is 15.1. The fourth-order valence-corrected chi connectivity index (χ4v) is 6.41. The van der Waals surface area contributed by atoms with E-state index in [-0.39, 0.29) is 6.04 Å². The van der Waals surface area contributed by atoms with Crippen molar-refractivity contribution in [1.29, 1.82) is 0 Å². The van der Waals surface area contributed by atoms with Gasteiger partial charge in [-0.05, 0) is 62.3 Å². The molecule has 0 spiro atoms. The first kappa shape index (κ1) is 25.7. The summed E-state index contributed by atoms with van der Waals surface area (Å²) in [6.45, 7) is 6.67. The molecule has 1 aromatic carbocycles. The summed E-state index contributed by atoms with van der Waals surface area (Å²) in [5, 5.41) is 5.22. The minimum Gasteiger partial charge on any atom is -0.342 e. The van der Waals surface area contributed by atoms with E-state index >= 15 is 0 Å². The number of carbonyl (C=O) groups excluding carboxylic acids is 1. The predicted octanol–water partition coefficient (Wildman–Crippen LogP) is 5.48. The molecule has 4 heterocycles. The Morgan fingerprint density at radius 2 is 1.95 bits per heavy atom. The molecule has 1 unspecified atom stereocenters. The number of H-pyrrole nitrogens is 1. The standard InChI is InChI=1S/C31H36ClN7O/c1-20(37-11-13-38(14-12-37)31(40)22-5-6-22)23-9-10-33-25(15-23)16-28-35-27-8-7-26(29(32)30(27)36-28)24-17-34-39(19-24)18-21-3-2-4-21/h7-10,15,17,19-22H,2-6,11-14,16,18H2,1H3,(H,35,36). The molecule has 1 saturated heterocycles. The van der Waals surface area contributed by atoms with Gasteiger partial charge in [0.1, 0.15) is 11.3 Å². The van der Waals surface area contributed by atoms with E-state index in [1.165, 1.54) is 24.8 Å². The zero-order chi connectivity index (χ0) is 27.2. The number of aromatic amines is 1. The van der Waals surface area contributed by atoms with Crippen LogP contribution in [-0.4, -0.2) is 66.6 Å². The minimum atomic E-state index is 0.262. The molecule has 208 valence electrons. The maximum Gasteiger partial charge on any atom is 0.225 e. The molecule has 1 amide bonds. The van der Waals surface area contributed by atoms with Crippen molar-refractivity contribution in [3.8, 4) is 11.1 Å². The highest BCUT2D eigenvalue weighted by atomic mass is 35.5. The van der Waals surface area contributed by atoms with Crippen molar-refractivity contribution in [3.05, 3.63) is 65.0 Å². The molecule has 0 bridgehead atoms. The van der Waals surface area contributed by atoms with E-state index in [0.29, 0.717) is 23.3 Å². The molecule has 2 aliphatic carbocycles. The summed E-state index contributed by atoms with van der Waals surface area (Å²) in [6, 6.07) is 8.65. The molecule has 8 nitrogen and oxygen atoms in total. The fraction of sp³-hybridized carbons (Fsp3) is 0.484. The molecule has 7 rings (SSSR count). The number of imidazole rings is 1. The number of nitrogens with zero attached hydrogens (tertiary/aromatic N) is 6. The van der Waals surface area contributed by atoms with E-state index < -0.39 is 0 Å². The minimum absolute atomic E-state index is 0.262. The maximum atomic E-state index is 12.4. The molecule has 4 aromatic rings. The van der Waals surface area contributed by atoms with E-state index in [1.54, 1.807) is 0 Å². The maximum absolute atomic E-state index is 12.4. The molecule has 40 heavy (non-hydrogen) atoms. The van der Waals surface area contributed by atoms with Crippen LogP contribution in [0.1, 0.15) is 62.2 Å². The quantitative estimate of drug-likeness (QED) is 0.310. The zero-order valence-corrected chi connectivity index (χ0v) is 23.8. The third-order valence-corrected chi connectivity index (χ3v) is 9.41. The number of fused-ring (bicyclic) bond motifs is 1. The van der Waals surface area contributed by atoms with Crippen LogP contribution in [0.3, 0.4) is 0 Å². The number of nitrogens with one attached hydrogen (secondary N) is 1. The number of rotatable bonds is 8. The van der Waals surface area contributed by atoms with E-state index in [9.17, 15) is 4.79 Å². The number of piperazine rings is 1. The number of amides is 1. The molecule has 0 radical (unpaired) electrons. The Bertz CT molecular complexity index is 1530. The summed E-state index contributed by atoms with van der Waals surface area (Å²) in [6.07, 6.45) is 12.6. The van der Waals surface area contributed by atoms with Gasteiger partial charge in [-0.3, -0.25) is 19.4 Å². The molecule has 1 atom stereocenters. The normalized spacial score (nSPS) is 19.2. The lowest BCUT2D eigenvalue weighted by Gasteiger charge is -2.38. The van der Waals surface area contributed by atoms with Crippen LogP contribution in [0.15, 0.2) is 42.9 Å². The van der Waals surface area contributed by atoms with Crippen molar-refractivity contribution < 1.29 is 4.79 Å². The van der Waals surface area contributed by atoms with E-state index in [0.717, 1.165) is 85.2 Å². The largest absolute Gasteiger partial charge is 0.342 e. The van der Waals surface area contributed by atoms with Crippen LogP contribution in [0.4, 0.5) is 0 Å². The van der Waals surface area contributed by atoms with Gasteiger partial charge in [0.2, 0.25) is 5.91 Å². The van der Waals surface area contributed by atoms with Gasteiger partial charge < -0.3 is 9.88 Å². The molecule has 9 heteroatoms. The Balaban J connectivity index is 1.04. The van der Waals surface area contributed by atoms with Gasteiger partial charge in [-0.25, -0.2) is 4.98 Å². The van der Waals surface area contributed by atoms with Gasteiger partial charge in [0.25, 0.3) is 0 Å². The Hall–Kier alpha value is -3.23. The van der Waals surface area contributed by atoms with Gasteiger partial charge in [0, 0.05) is 80.3 Å². The molecular weight excluding hydrogens is 522 g/mol. The Kier molecular flexibility index (Phi) is 6.84. The summed E-state index contributed by atoms with van der Waals surface area (Å²) in [4.78, 5) is 29.9. The first-order valence-electron chi connectivity index (χ1n) is 14.7. The van der Waals surface area contributed by atoms with Crippen LogP contribution in [0, 0.1) is 11.8 Å². The van der Waals surface area contributed by atoms with Gasteiger partial charge in [0.05, 0.1) is 16.7 Å². The van der Waals surface area contributed by atoms with E-state index in [4.69, 9.17) is 16.6 Å². The lowest BCUT2D eigenvalue weighted by atomic mass is 9.85.